The van der Waals surface area contributed by atoms with Crippen molar-refractivity contribution in [3.63, 3.8) is 0 Å². The second-order valence-corrected chi connectivity index (χ2v) is 7.90. The Morgan fingerprint density at radius 1 is 1.00 bits per heavy atom. The summed E-state index contributed by atoms with van der Waals surface area (Å²) in [7, 11) is 0. The lowest BCUT2D eigenvalue weighted by atomic mass is 10.1. The fourth-order valence-electron chi connectivity index (χ4n) is 3.21. The Kier molecular flexibility index (Phi) is 6.67. The van der Waals surface area contributed by atoms with Crippen molar-refractivity contribution >= 4 is 63.9 Å². The number of likely N-dealkylation sites (tertiary alicyclic amines) is 1. The van der Waals surface area contributed by atoms with Gasteiger partial charge in [-0.2, -0.15) is 0 Å². The van der Waals surface area contributed by atoms with Crippen LogP contribution in [0.2, 0.25) is 15.1 Å². The van der Waals surface area contributed by atoms with Crippen LogP contribution in [0.3, 0.4) is 0 Å². The molecule has 0 radical (unpaired) electrons. The minimum atomic E-state index is -0.649. The number of anilines is 2. The molecule has 2 aromatic rings. The second-order valence-electron chi connectivity index (χ2n) is 6.65. The molecule has 3 amide bonds. The average molecular weight is 455 g/mol. The van der Waals surface area contributed by atoms with Gasteiger partial charge in [-0.3, -0.25) is 14.4 Å². The van der Waals surface area contributed by atoms with Crippen LogP contribution < -0.4 is 10.6 Å². The molecule has 1 fully saturated rings. The lowest BCUT2D eigenvalue weighted by Gasteiger charge is -2.24. The number of benzene rings is 2. The van der Waals surface area contributed by atoms with Crippen LogP contribution in [0, 0.1) is 0 Å². The first-order valence-corrected chi connectivity index (χ1v) is 10.0. The van der Waals surface area contributed by atoms with E-state index in [1.807, 2.05) is 0 Å². The average Bonchev–Trinajstić information content (AvgIpc) is 3.15. The number of carbonyl (C=O) groups excluding carboxylic acids is 3. The molecule has 0 bridgehead atoms. The first kappa shape index (κ1) is 21.4. The maximum Gasteiger partial charge on any atom is 0.256 e. The fourth-order valence-corrected chi connectivity index (χ4v) is 3.81. The van der Waals surface area contributed by atoms with Crippen molar-refractivity contribution in [1.29, 1.82) is 0 Å². The molecule has 1 heterocycles. The zero-order valence-corrected chi connectivity index (χ0v) is 17.7. The Morgan fingerprint density at radius 3 is 2.45 bits per heavy atom. The first-order valence-electron chi connectivity index (χ1n) is 8.90. The van der Waals surface area contributed by atoms with Crippen molar-refractivity contribution in [2.75, 3.05) is 17.2 Å². The van der Waals surface area contributed by atoms with E-state index in [4.69, 9.17) is 34.8 Å². The molecule has 3 rings (SSSR count). The minimum absolute atomic E-state index is 0.224. The van der Waals surface area contributed by atoms with Gasteiger partial charge in [0.1, 0.15) is 6.04 Å². The molecule has 152 valence electrons. The number of carbonyl (C=O) groups is 3. The van der Waals surface area contributed by atoms with E-state index in [0.717, 1.165) is 0 Å². The SMILES string of the molecule is CC(=O)Nc1ccc(NC(=O)C2CCCN2C(=O)c2cc(Cl)ccc2Cl)c(Cl)c1. The molecule has 0 saturated carbocycles. The predicted octanol–water partition coefficient (Wildman–Crippen LogP) is 4.85. The van der Waals surface area contributed by atoms with E-state index < -0.39 is 6.04 Å². The number of hydrogen-bond acceptors (Lipinski definition) is 3. The van der Waals surface area contributed by atoms with Crippen LogP contribution in [0.5, 0.6) is 0 Å². The van der Waals surface area contributed by atoms with Gasteiger partial charge in [-0.15, -0.1) is 0 Å². The quantitative estimate of drug-likeness (QED) is 0.693. The molecule has 0 aromatic heterocycles. The molecule has 1 saturated heterocycles. The van der Waals surface area contributed by atoms with E-state index in [9.17, 15) is 14.4 Å². The number of hydrogen-bond donors (Lipinski definition) is 2. The molecule has 0 spiro atoms. The zero-order chi connectivity index (χ0) is 21.1. The van der Waals surface area contributed by atoms with Crippen LogP contribution in [-0.2, 0) is 9.59 Å². The summed E-state index contributed by atoms with van der Waals surface area (Å²) < 4.78 is 0. The van der Waals surface area contributed by atoms with Gasteiger partial charge in [-0.05, 0) is 49.2 Å². The topological polar surface area (TPSA) is 78.5 Å². The monoisotopic (exact) mass is 453 g/mol. The van der Waals surface area contributed by atoms with E-state index in [1.54, 1.807) is 30.3 Å². The van der Waals surface area contributed by atoms with Crippen LogP contribution in [0.1, 0.15) is 30.1 Å². The lowest BCUT2D eigenvalue weighted by Crippen LogP contribution is -2.43. The molecule has 1 unspecified atom stereocenters. The smallest absolute Gasteiger partial charge is 0.256 e. The summed E-state index contributed by atoms with van der Waals surface area (Å²) >= 11 is 18.3. The largest absolute Gasteiger partial charge is 0.327 e. The molecule has 6 nitrogen and oxygen atoms in total. The van der Waals surface area contributed by atoms with E-state index in [2.05, 4.69) is 10.6 Å². The van der Waals surface area contributed by atoms with Crippen molar-refractivity contribution < 1.29 is 14.4 Å². The van der Waals surface area contributed by atoms with Gasteiger partial charge in [0.2, 0.25) is 11.8 Å². The van der Waals surface area contributed by atoms with E-state index in [0.29, 0.717) is 35.8 Å². The summed E-state index contributed by atoms with van der Waals surface area (Å²) in [5.41, 5.74) is 1.18. The summed E-state index contributed by atoms with van der Waals surface area (Å²) in [6.07, 6.45) is 1.22. The van der Waals surface area contributed by atoms with Gasteiger partial charge < -0.3 is 15.5 Å². The summed E-state index contributed by atoms with van der Waals surface area (Å²) in [6, 6.07) is 8.77. The molecular weight excluding hydrogens is 437 g/mol. The summed E-state index contributed by atoms with van der Waals surface area (Å²) in [5, 5.41) is 6.33. The molecule has 29 heavy (non-hydrogen) atoms. The third-order valence-corrected chi connectivity index (χ3v) is 5.40. The number of nitrogens with zero attached hydrogens (tertiary/aromatic N) is 1. The number of rotatable bonds is 4. The lowest BCUT2D eigenvalue weighted by molar-refractivity contribution is -0.119. The standard InChI is InChI=1S/C20H18Cl3N3O3/c1-11(27)24-13-5-7-17(16(23)10-13)25-19(28)18-3-2-8-26(18)20(29)14-9-12(21)4-6-15(14)22/h4-7,9-10,18H,2-3,8H2,1H3,(H,24,27)(H,25,28). The molecular formula is C20H18Cl3N3O3. The highest BCUT2D eigenvalue weighted by Gasteiger charge is 2.35. The van der Waals surface area contributed by atoms with E-state index >= 15 is 0 Å². The van der Waals surface area contributed by atoms with Crippen LogP contribution >= 0.6 is 34.8 Å². The summed E-state index contributed by atoms with van der Waals surface area (Å²) in [5.74, 6) is -0.914. The number of nitrogens with one attached hydrogen (secondary N) is 2. The van der Waals surface area contributed by atoms with Crippen molar-refractivity contribution in [3.05, 3.63) is 57.0 Å². The van der Waals surface area contributed by atoms with Gasteiger partial charge in [0.25, 0.3) is 5.91 Å². The number of halogens is 3. The third kappa shape index (κ3) is 5.01. The van der Waals surface area contributed by atoms with Gasteiger partial charge in [-0.25, -0.2) is 0 Å². The normalized spacial score (nSPS) is 15.9. The highest BCUT2D eigenvalue weighted by Crippen LogP contribution is 2.29. The summed E-state index contributed by atoms with van der Waals surface area (Å²) in [4.78, 5) is 38.4. The second kappa shape index (κ2) is 9.03. The van der Waals surface area contributed by atoms with Gasteiger partial charge >= 0.3 is 0 Å². The fraction of sp³-hybridized carbons (Fsp3) is 0.250. The highest BCUT2D eigenvalue weighted by molar-refractivity contribution is 6.36. The molecule has 0 aliphatic carbocycles. The maximum atomic E-state index is 12.9. The molecule has 2 aromatic carbocycles. The van der Waals surface area contributed by atoms with Crippen molar-refractivity contribution in [3.8, 4) is 0 Å². The molecule has 1 atom stereocenters. The maximum absolute atomic E-state index is 12.9. The Labute approximate surface area is 183 Å². The molecule has 1 aliphatic heterocycles. The van der Waals surface area contributed by atoms with Crippen molar-refractivity contribution in [2.24, 2.45) is 0 Å². The minimum Gasteiger partial charge on any atom is -0.327 e. The first-order chi connectivity index (χ1) is 13.8. The highest BCUT2D eigenvalue weighted by atomic mass is 35.5. The van der Waals surface area contributed by atoms with Crippen molar-refractivity contribution in [2.45, 2.75) is 25.8 Å². The van der Waals surface area contributed by atoms with Crippen LogP contribution in [0.25, 0.3) is 0 Å². The van der Waals surface area contributed by atoms with E-state index in [-0.39, 0.29) is 33.3 Å². The van der Waals surface area contributed by atoms with E-state index in [1.165, 1.54) is 17.9 Å². The van der Waals surface area contributed by atoms with Gasteiger partial charge in [-0.1, -0.05) is 34.8 Å². The zero-order valence-electron chi connectivity index (χ0n) is 15.5. The summed E-state index contributed by atoms with van der Waals surface area (Å²) in [6.45, 7) is 1.83. The van der Waals surface area contributed by atoms with Gasteiger partial charge in [0, 0.05) is 24.2 Å². The molecule has 1 aliphatic rings. The Bertz CT molecular complexity index is 981. The van der Waals surface area contributed by atoms with Gasteiger partial charge in [0.05, 0.1) is 21.3 Å². The Morgan fingerprint density at radius 2 is 1.76 bits per heavy atom. The predicted molar refractivity (Wildman–Crippen MR) is 115 cm³/mol. The Hall–Kier alpha value is -2.28. The molecule has 9 heteroatoms. The van der Waals surface area contributed by atoms with Crippen molar-refractivity contribution in [1.82, 2.24) is 4.90 Å². The van der Waals surface area contributed by atoms with Crippen LogP contribution in [0.15, 0.2) is 36.4 Å². The third-order valence-electron chi connectivity index (χ3n) is 4.52. The van der Waals surface area contributed by atoms with Crippen LogP contribution in [0.4, 0.5) is 11.4 Å². The Balaban J connectivity index is 1.76. The van der Waals surface area contributed by atoms with Gasteiger partial charge in [0.15, 0.2) is 0 Å². The molecule has 2 N–H and O–H groups in total. The number of amides is 3. The van der Waals surface area contributed by atoms with Crippen LogP contribution in [-0.4, -0.2) is 35.2 Å².